The van der Waals surface area contributed by atoms with Gasteiger partial charge >= 0.3 is 0 Å². The standard InChI is InChI=1S/C15H9FO6/c16-8-1-6(2-11(20)15(8)21)12-5-10(19)14-9(18)3-7(17)4-13(14)22-12/h1-5,17-18,20-21H. The minimum Gasteiger partial charge on any atom is -0.508 e. The molecule has 0 saturated heterocycles. The monoisotopic (exact) mass is 304 g/mol. The van der Waals surface area contributed by atoms with E-state index in [-0.39, 0.29) is 28.0 Å². The molecule has 6 nitrogen and oxygen atoms in total. The van der Waals surface area contributed by atoms with Gasteiger partial charge in [0.1, 0.15) is 28.2 Å². The molecule has 22 heavy (non-hydrogen) atoms. The summed E-state index contributed by atoms with van der Waals surface area (Å²) >= 11 is 0. The first-order valence-corrected chi connectivity index (χ1v) is 6.08. The number of fused-ring (bicyclic) bond motifs is 1. The smallest absolute Gasteiger partial charge is 0.197 e. The maximum absolute atomic E-state index is 13.5. The average Bonchev–Trinajstić information content (AvgIpc) is 2.42. The largest absolute Gasteiger partial charge is 0.508 e. The molecule has 1 heterocycles. The molecule has 0 aliphatic rings. The summed E-state index contributed by atoms with van der Waals surface area (Å²) in [6.07, 6.45) is 0. The van der Waals surface area contributed by atoms with Gasteiger partial charge in [0.05, 0.1) is 0 Å². The van der Waals surface area contributed by atoms with Crippen LogP contribution in [0.4, 0.5) is 4.39 Å². The molecule has 0 unspecified atom stereocenters. The predicted molar refractivity (Wildman–Crippen MR) is 74.5 cm³/mol. The first-order valence-electron chi connectivity index (χ1n) is 6.08. The molecule has 7 heteroatoms. The predicted octanol–water partition coefficient (Wildman–Crippen LogP) is 2.42. The first kappa shape index (κ1) is 13.7. The number of hydrogen-bond acceptors (Lipinski definition) is 6. The number of halogens is 1. The summed E-state index contributed by atoms with van der Waals surface area (Å²) in [4.78, 5) is 12.0. The molecule has 0 bridgehead atoms. The summed E-state index contributed by atoms with van der Waals surface area (Å²) in [6, 6.07) is 5.01. The Balaban J connectivity index is 2.31. The van der Waals surface area contributed by atoms with E-state index in [1.807, 2.05) is 0 Å². The lowest BCUT2D eigenvalue weighted by molar-refractivity contribution is 0.379. The van der Waals surface area contributed by atoms with Gasteiger partial charge in [-0.3, -0.25) is 4.79 Å². The Bertz CT molecular complexity index is 937. The molecule has 4 N–H and O–H groups in total. The SMILES string of the molecule is O=c1cc(-c2cc(O)c(O)c(F)c2)oc2cc(O)cc(O)c12. The molecule has 0 spiro atoms. The molecule has 0 atom stereocenters. The lowest BCUT2D eigenvalue weighted by Gasteiger charge is -2.07. The van der Waals surface area contributed by atoms with Crippen molar-refractivity contribution in [1.82, 2.24) is 0 Å². The van der Waals surface area contributed by atoms with Crippen LogP contribution in [0.25, 0.3) is 22.3 Å². The number of hydrogen-bond donors (Lipinski definition) is 4. The number of benzene rings is 2. The van der Waals surface area contributed by atoms with Gasteiger partial charge in [0.25, 0.3) is 0 Å². The second kappa shape index (κ2) is 4.66. The molecular formula is C15H9FO6. The van der Waals surface area contributed by atoms with Gasteiger partial charge in [0, 0.05) is 23.8 Å². The zero-order valence-corrected chi connectivity index (χ0v) is 10.9. The van der Waals surface area contributed by atoms with Gasteiger partial charge in [-0.15, -0.1) is 0 Å². The highest BCUT2D eigenvalue weighted by Gasteiger charge is 2.15. The minimum atomic E-state index is -1.09. The van der Waals surface area contributed by atoms with Crippen LogP contribution in [0, 0.1) is 5.82 Å². The van der Waals surface area contributed by atoms with Gasteiger partial charge in [-0.2, -0.15) is 0 Å². The normalized spacial score (nSPS) is 11.0. The van der Waals surface area contributed by atoms with Crippen LogP contribution in [-0.2, 0) is 0 Å². The third-order valence-electron chi connectivity index (χ3n) is 3.12. The van der Waals surface area contributed by atoms with E-state index in [0.29, 0.717) is 0 Å². The zero-order chi connectivity index (χ0) is 16.0. The molecule has 0 aliphatic heterocycles. The van der Waals surface area contributed by atoms with E-state index in [1.54, 1.807) is 0 Å². The first-order chi connectivity index (χ1) is 10.4. The Hall–Kier alpha value is -3.22. The maximum atomic E-state index is 13.5. The zero-order valence-electron chi connectivity index (χ0n) is 10.9. The summed E-state index contributed by atoms with van der Waals surface area (Å²) in [7, 11) is 0. The lowest BCUT2D eigenvalue weighted by Crippen LogP contribution is -2.00. The third kappa shape index (κ3) is 2.08. The molecule has 2 aromatic carbocycles. The fourth-order valence-electron chi connectivity index (χ4n) is 2.12. The summed E-state index contributed by atoms with van der Waals surface area (Å²) in [5, 5.41) is 37.6. The van der Waals surface area contributed by atoms with Crippen molar-refractivity contribution < 1.29 is 29.2 Å². The van der Waals surface area contributed by atoms with Crippen LogP contribution < -0.4 is 5.43 Å². The van der Waals surface area contributed by atoms with Crippen molar-refractivity contribution in [2.24, 2.45) is 0 Å². The molecule has 3 rings (SSSR count). The van der Waals surface area contributed by atoms with Crippen molar-refractivity contribution in [2.45, 2.75) is 0 Å². The van der Waals surface area contributed by atoms with Crippen LogP contribution in [-0.4, -0.2) is 20.4 Å². The van der Waals surface area contributed by atoms with Gasteiger partial charge in [-0.05, 0) is 12.1 Å². The van der Waals surface area contributed by atoms with Crippen LogP contribution in [0.1, 0.15) is 0 Å². The third-order valence-corrected chi connectivity index (χ3v) is 3.12. The molecular weight excluding hydrogens is 295 g/mol. The second-order valence-corrected chi connectivity index (χ2v) is 4.64. The van der Waals surface area contributed by atoms with Gasteiger partial charge in [0.2, 0.25) is 0 Å². The molecule has 3 aromatic rings. The van der Waals surface area contributed by atoms with Gasteiger partial charge < -0.3 is 24.8 Å². The molecule has 112 valence electrons. The Kier molecular flexibility index (Phi) is 2.91. The summed E-state index contributed by atoms with van der Waals surface area (Å²) in [5.74, 6) is -3.58. The van der Waals surface area contributed by atoms with Crippen LogP contribution in [0.2, 0.25) is 0 Å². The van der Waals surface area contributed by atoms with Crippen LogP contribution in [0.15, 0.2) is 39.5 Å². The Labute approximate surface area is 121 Å². The van der Waals surface area contributed by atoms with E-state index in [2.05, 4.69) is 0 Å². The van der Waals surface area contributed by atoms with E-state index in [4.69, 9.17) is 4.42 Å². The highest BCUT2D eigenvalue weighted by molar-refractivity contribution is 5.86. The highest BCUT2D eigenvalue weighted by Crippen LogP contribution is 2.35. The van der Waals surface area contributed by atoms with Crippen LogP contribution in [0.3, 0.4) is 0 Å². The van der Waals surface area contributed by atoms with Gasteiger partial charge in [-0.25, -0.2) is 4.39 Å². The van der Waals surface area contributed by atoms with E-state index in [0.717, 1.165) is 30.3 Å². The molecule has 0 saturated carbocycles. The van der Waals surface area contributed by atoms with Gasteiger partial charge in [0.15, 0.2) is 22.7 Å². The van der Waals surface area contributed by atoms with Crippen LogP contribution in [0.5, 0.6) is 23.0 Å². The van der Waals surface area contributed by atoms with Crippen molar-refractivity contribution >= 4 is 11.0 Å². The Morgan fingerprint density at radius 3 is 2.32 bits per heavy atom. The molecule has 0 fully saturated rings. The minimum absolute atomic E-state index is 0.00892. The van der Waals surface area contributed by atoms with E-state index >= 15 is 0 Å². The van der Waals surface area contributed by atoms with E-state index in [1.165, 1.54) is 0 Å². The maximum Gasteiger partial charge on any atom is 0.197 e. The summed E-state index contributed by atoms with van der Waals surface area (Å²) in [6.45, 7) is 0. The fourth-order valence-corrected chi connectivity index (χ4v) is 2.12. The number of phenolic OH excluding ortho intramolecular Hbond substituents is 4. The highest BCUT2D eigenvalue weighted by atomic mass is 19.1. The fraction of sp³-hybridized carbons (Fsp3) is 0. The summed E-state index contributed by atoms with van der Waals surface area (Å²) in [5.41, 5.74) is -0.704. The molecule has 0 radical (unpaired) electrons. The van der Waals surface area contributed by atoms with E-state index in [9.17, 15) is 29.6 Å². The van der Waals surface area contributed by atoms with Crippen molar-refractivity contribution in [3.05, 3.63) is 46.4 Å². The molecule has 0 aliphatic carbocycles. The number of phenols is 4. The Morgan fingerprint density at radius 2 is 1.64 bits per heavy atom. The van der Waals surface area contributed by atoms with Crippen molar-refractivity contribution in [2.75, 3.05) is 0 Å². The molecule has 1 aromatic heterocycles. The second-order valence-electron chi connectivity index (χ2n) is 4.64. The lowest BCUT2D eigenvalue weighted by atomic mass is 10.1. The topological polar surface area (TPSA) is 111 Å². The quantitative estimate of drug-likeness (QED) is 0.514. The van der Waals surface area contributed by atoms with Crippen molar-refractivity contribution in [1.29, 1.82) is 0 Å². The van der Waals surface area contributed by atoms with E-state index < -0.39 is 28.5 Å². The average molecular weight is 304 g/mol. The number of aromatic hydroxyl groups is 4. The van der Waals surface area contributed by atoms with Crippen molar-refractivity contribution in [3.63, 3.8) is 0 Å². The summed E-state index contributed by atoms with van der Waals surface area (Å²) < 4.78 is 18.8. The van der Waals surface area contributed by atoms with Crippen molar-refractivity contribution in [3.8, 4) is 34.3 Å². The van der Waals surface area contributed by atoms with Crippen LogP contribution >= 0.6 is 0 Å². The number of rotatable bonds is 1. The molecule has 0 amide bonds. The Morgan fingerprint density at radius 1 is 0.909 bits per heavy atom. The van der Waals surface area contributed by atoms with Gasteiger partial charge in [-0.1, -0.05) is 0 Å².